The lowest BCUT2D eigenvalue weighted by molar-refractivity contribution is 0.599. The average molecular weight is 369 g/mol. The molecule has 0 spiro atoms. The van der Waals surface area contributed by atoms with E-state index in [2.05, 4.69) is 10.5 Å². The number of rotatable bonds is 2. The van der Waals surface area contributed by atoms with E-state index in [1.807, 2.05) is 72.8 Å². The van der Waals surface area contributed by atoms with Gasteiger partial charge in [-0.05, 0) is 28.0 Å². The fraction of sp³-hybridized carbons (Fsp3) is 0. The zero-order chi connectivity index (χ0) is 18.4. The van der Waals surface area contributed by atoms with Gasteiger partial charge in [0, 0.05) is 11.1 Å². The monoisotopic (exact) mass is 369 g/mol. The first kappa shape index (κ1) is 16.0. The molecule has 0 N–H and O–H groups in total. The second-order valence-electron chi connectivity index (χ2n) is 6.49. The van der Waals surface area contributed by atoms with E-state index in [9.17, 15) is 8.42 Å². The van der Waals surface area contributed by atoms with Gasteiger partial charge in [-0.2, -0.15) is 12.8 Å². The molecule has 0 amide bonds. The predicted octanol–water partition coefficient (Wildman–Crippen LogP) is 5.05. The predicted molar refractivity (Wildman–Crippen MR) is 109 cm³/mol. The van der Waals surface area contributed by atoms with Gasteiger partial charge in [-0.25, -0.2) is 0 Å². The Hall–Kier alpha value is -3.24. The highest BCUT2D eigenvalue weighted by Gasteiger charge is 2.31. The zero-order valence-electron chi connectivity index (χ0n) is 14.3. The number of fused-ring (bicyclic) bond motifs is 2. The van der Waals surface area contributed by atoms with Crippen LogP contribution in [0, 0.1) is 0 Å². The van der Waals surface area contributed by atoms with Crippen molar-refractivity contribution >= 4 is 26.5 Å². The van der Waals surface area contributed by atoms with Gasteiger partial charge in [-0.3, -0.25) is 0 Å². The van der Waals surface area contributed by atoms with Gasteiger partial charge in [-0.15, -0.1) is 0 Å². The second-order valence-corrected chi connectivity index (χ2v) is 8.06. The number of nitrogens with zero attached hydrogens (tertiary/aromatic N) is 1. The fourth-order valence-electron chi connectivity index (χ4n) is 3.67. The van der Waals surface area contributed by atoms with E-state index < -0.39 is 10.0 Å². The van der Waals surface area contributed by atoms with Crippen LogP contribution in [-0.2, 0) is 10.0 Å². The quantitative estimate of drug-likeness (QED) is 0.496. The topological polar surface area (TPSA) is 46.5 Å². The first-order valence-corrected chi connectivity index (χ1v) is 10.1. The van der Waals surface area contributed by atoms with Crippen LogP contribution in [0.5, 0.6) is 0 Å². The van der Waals surface area contributed by atoms with Crippen molar-refractivity contribution in [3.05, 3.63) is 102 Å². The Bertz CT molecular complexity index is 1320. The highest BCUT2D eigenvalue weighted by atomic mass is 32.2. The van der Waals surface area contributed by atoms with Crippen molar-refractivity contribution in [1.29, 1.82) is 0 Å². The Morgan fingerprint density at radius 1 is 0.630 bits per heavy atom. The van der Waals surface area contributed by atoms with Crippen molar-refractivity contribution in [3.63, 3.8) is 0 Å². The van der Waals surface area contributed by atoms with Crippen LogP contribution in [0.4, 0.5) is 0 Å². The van der Waals surface area contributed by atoms with Gasteiger partial charge in [0.1, 0.15) is 0 Å². The van der Waals surface area contributed by atoms with Crippen LogP contribution in [-0.4, -0.2) is 14.1 Å². The van der Waals surface area contributed by atoms with Crippen LogP contribution < -0.4 is 0 Å². The zero-order valence-corrected chi connectivity index (χ0v) is 15.1. The lowest BCUT2D eigenvalue weighted by Gasteiger charge is -2.14. The normalized spacial score (nSPS) is 14.7. The molecule has 4 aromatic carbocycles. The largest absolute Gasteiger partial charge is 0.283 e. The van der Waals surface area contributed by atoms with E-state index in [-0.39, 0.29) is 4.90 Å². The molecule has 0 atom stereocenters. The summed E-state index contributed by atoms with van der Waals surface area (Å²) in [6, 6.07) is 29.1. The SMILES string of the molecule is O=S1(=O)N=C(c2c(-c3ccccc3)ccc3ccccc23)c2ccccc21. The van der Waals surface area contributed by atoms with E-state index in [1.165, 1.54) is 0 Å². The molecule has 0 unspecified atom stereocenters. The molecule has 4 aromatic rings. The second kappa shape index (κ2) is 5.89. The summed E-state index contributed by atoms with van der Waals surface area (Å²) < 4.78 is 29.5. The maximum atomic E-state index is 12.6. The van der Waals surface area contributed by atoms with Gasteiger partial charge in [-0.1, -0.05) is 84.9 Å². The molecule has 0 saturated carbocycles. The van der Waals surface area contributed by atoms with Crippen molar-refractivity contribution in [2.24, 2.45) is 4.40 Å². The minimum Gasteiger partial charge on any atom is -0.199 e. The standard InChI is InChI=1S/C23H15NO2S/c25-27(26)21-13-7-6-12-20(21)23(24-27)22-18-11-5-4-10-17(18)14-15-19(22)16-8-2-1-3-9-16/h1-15H. The van der Waals surface area contributed by atoms with Gasteiger partial charge < -0.3 is 0 Å². The van der Waals surface area contributed by atoms with E-state index in [0.717, 1.165) is 27.5 Å². The van der Waals surface area contributed by atoms with Crippen LogP contribution in [0.1, 0.15) is 11.1 Å². The summed E-state index contributed by atoms with van der Waals surface area (Å²) in [4.78, 5) is 0.270. The Balaban J connectivity index is 1.91. The lowest BCUT2D eigenvalue weighted by atomic mass is 9.89. The summed E-state index contributed by atoms with van der Waals surface area (Å²) in [6.45, 7) is 0. The third-order valence-electron chi connectivity index (χ3n) is 4.88. The molecule has 0 aromatic heterocycles. The maximum Gasteiger partial charge on any atom is 0.283 e. The molecule has 0 bridgehead atoms. The minimum absolute atomic E-state index is 0.270. The van der Waals surface area contributed by atoms with Crippen molar-refractivity contribution in [2.45, 2.75) is 4.90 Å². The average Bonchev–Trinajstić information content (AvgIpc) is 2.99. The summed E-state index contributed by atoms with van der Waals surface area (Å²) in [5, 5.41) is 2.04. The van der Waals surface area contributed by atoms with Crippen LogP contribution >= 0.6 is 0 Å². The Morgan fingerprint density at radius 2 is 1.33 bits per heavy atom. The summed E-state index contributed by atoms with van der Waals surface area (Å²) >= 11 is 0. The van der Waals surface area contributed by atoms with E-state index in [0.29, 0.717) is 11.3 Å². The molecule has 5 rings (SSSR count). The molecule has 1 aliphatic heterocycles. The van der Waals surface area contributed by atoms with E-state index in [1.54, 1.807) is 12.1 Å². The molecular weight excluding hydrogens is 354 g/mol. The van der Waals surface area contributed by atoms with Crippen molar-refractivity contribution in [2.75, 3.05) is 0 Å². The lowest BCUT2D eigenvalue weighted by Crippen LogP contribution is -2.04. The number of sulfonamides is 1. The molecule has 4 heteroatoms. The molecule has 0 radical (unpaired) electrons. The highest BCUT2D eigenvalue weighted by molar-refractivity contribution is 7.90. The summed E-state index contributed by atoms with van der Waals surface area (Å²) in [6.07, 6.45) is 0. The summed E-state index contributed by atoms with van der Waals surface area (Å²) in [5.74, 6) is 0. The summed E-state index contributed by atoms with van der Waals surface area (Å²) in [7, 11) is -3.68. The molecule has 130 valence electrons. The van der Waals surface area contributed by atoms with Crippen LogP contribution in [0.3, 0.4) is 0 Å². The van der Waals surface area contributed by atoms with Crippen molar-refractivity contribution in [3.8, 4) is 11.1 Å². The van der Waals surface area contributed by atoms with Gasteiger partial charge in [0.25, 0.3) is 10.0 Å². The molecule has 0 fully saturated rings. The number of hydrogen-bond donors (Lipinski definition) is 0. The van der Waals surface area contributed by atoms with Crippen molar-refractivity contribution < 1.29 is 8.42 Å². The van der Waals surface area contributed by atoms with Crippen LogP contribution in [0.15, 0.2) is 100 Å². The first-order valence-electron chi connectivity index (χ1n) is 8.67. The van der Waals surface area contributed by atoms with Crippen LogP contribution in [0.2, 0.25) is 0 Å². The molecule has 1 aliphatic rings. The molecule has 0 aliphatic carbocycles. The smallest absolute Gasteiger partial charge is 0.199 e. The van der Waals surface area contributed by atoms with Gasteiger partial charge in [0.15, 0.2) is 0 Å². The van der Waals surface area contributed by atoms with Gasteiger partial charge >= 0.3 is 0 Å². The third kappa shape index (κ3) is 2.49. The molecule has 1 heterocycles. The number of benzene rings is 4. The molecule has 3 nitrogen and oxygen atoms in total. The minimum atomic E-state index is -3.68. The Morgan fingerprint density at radius 3 is 2.19 bits per heavy atom. The Labute approximate surface area is 157 Å². The van der Waals surface area contributed by atoms with Crippen molar-refractivity contribution in [1.82, 2.24) is 0 Å². The van der Waals surface area contributed by atoms with Crippen LogP contribution in [0.25, 0.3) is 21.9 Å². The number of hydrogen-bond acceptors (Lipinski definition) is 2. The maximum absolute atomic E-state index is 12.6. The summed E-state index contributed by atoms with van der Waals surface area (Å²) in [5.41, 5.74) is 4.03. The van der Waals surface area contributed by atoms with E-state index in [4.69, 9.17) is 0 Å². The van der Waals surface area contributed by atoms with Gasteiger partial charge in [0.2, 0.25) is 0 Å². The molecular formula is C23H15NO2S. The Kier molecular flexibility index (Phi) is 3.49. The molecule has 0 saturated heterocycles. The fourth-order valence-corrected chi connectivity index (χ4v) is 4.89. The highest BCUT2D eigenvalue weighted by Crippen LogP contribution is 2.37. The van der Waals surface area contributed by atoms with Gasteiger partial charge in [0.05, 0.1) is 10.6 Å². The first-order chi connectivity index (χ1) is 13.1. The molecule has 27 heavy (non-hydrogen) atoms. The third-order valence-corrected chi connectivity index (χ3v) is 6.22. The van der Waals surface area contributed by atoms with E-state index >= 15 is 0 Å².